The zero-order valence-electron chi connectivity index (χ0n) is 8.30. The van der Waals surface area contributed by atoms with Crippen molar-refractivity contribution in [3.05, 3.63) is 47.2 Å². The molecule has 0 fully saturated rings. The molecule has 2 aromatic rings. The highest BCUT2D eigenvalue weighted by atomic mass is 35.5. The first-order chi connectivity index (χ1) is 7.79. The highest BCUT2D eigenvalue weighted by molar-refractivity contribution is 7.99. The predicted octanol–water partition coefficient (Wildman–Crippen LogP) is 2.77. The van der Waals surface area contributed by atoms with E-state index in [9.17, 15) is 0 Å². The van der Waals surface area contributed by atoms with Gasteiger partial charge in [0, 0.05) is 17.3 Å². The van der Waals surface area contributed by atoms with Gasteiger partial charge in [0.05, 0.1) is 11.6 Å². The quantitative estimate of drug-likeness (QED) is 0.854. The third-order valence-electron chi connectivity index (χ3n) is 1.92. The molecule has 1 aromatic carbocycles. The minimum atomic E-state index is -0.00744. The summed E-state index contributed by atoms with van der Waals surface area (Å²) in [6.07, 6.45) is 3.37. The van der Waals surface area contributed by atoms with Crippen LogP contribution in [0.3, 0.4) is 0 Å². The molecule has 0 aliphatic rings. The first-order valence-corrected chi connectivity index (χ1v) is 5.83. The minimum absolute atomic E-state index is 0.00744. The van der Waals surface area contributed by atoms with E-state index in [1.165, 1.54) is 11.8 Å². The van der Waals surface area contributed by atoms with E-state index in [4.69, 9.17) is 16.7 Å². The summed E-state index contributed by atoms with van der Waals surface area (Å²) in [4.78, 5) is 9.08. The second-order valence-electron chi connectivity index (χ2n) is 3.06. The van der Waals surface area contributed by atoms with Crippen LogP contribution in [0.2, 0.25) is 5.02 Å². The molecule has 0 atom stereocenters. The number of halogens is 1. The molecular formula is C11H9ClN2OS. The van der Waals surface area contributed by atoms with Crippen molar-refractivity contribution in [2.75, 3.05) is 0 Å². The number of benzene rings is 1. The van der Waals surface area contributed by atoms with Crippen LogP contribution in [0.1, 0.15) is 5.56 Å². The summed E-state index contributed by atoms with van der Waals surface area (Å²) in [7, 11) is 0. The van der Waals surface area contributed by atoms with Gasteiger partial charge in [-0.2, -0.15) is 0 Å². The number of rotatable bonds is 3. The van der Waals surface area contributed by atoms with Crippen LogP contribution in [-0.4, -0.2) is 15.1 Å². The third kappa shape index (κ3) is 2.72. The zero-order chi connectivity index (χ0) is 11.4. The molecule has 0 spiro atoms. The van der Waals surface area contributed by atoms with E-state index in [1.54, 1.807) is 24.5 Å². The van der Waals surface area contributed by atoms with E-state index in [1.807, 2.05) is 12.1 Å². The maximum Gasteiger partial charge on any atom is 0.192 e. The van der Waals surface area contributed by atoms with Crippen molar-refractivity contribution in [3.8, 4) is 0 Å². The summed E-state index contributed by atoms with van der Waals surface area (Å²) in [6.45, 7) is -0.00744. The van der Waals surface area contributed by atoms with Gasteiger partial charge in [0.2, 0.25) is 0 Å². The van der Waals surface area contributed by atoms with Gasteiger partial charge in [0.25, 0.3) is 0 Å². The second kappa shape index (κ2) is 5.30. The Kier molecular flexibility index (Phi) is 3.77. The average Bonchev–Trinajstić information content (AvgIpc) is 2.33. The van der Waals surface area contributed by atoms with Gasteiger partial charge in [-0.15, -0.1) is 0 Å². The lowest BCUT2D eigenvalue weighted by Crippen LogP contribution is -1.86. The molecule has 0 amide bonds. The van der Waals surface area contributed by atoms with Crippen molar-refractivity contribution >= 4 is 23.4 Å². The maximum atomic E-state index is 8.95. The molecule has 0 unspecified atom stereocenters. The fourth-order valence-corrected chi connectivity index (χ4v) is 2.20. The highest BCUT2D eigenvalue weighted by Crippen LogP contribution is 2.31. The first kappa shape index (κ1) is 11.4. The molecule has 82 valence electrons. The number of aliphatic hydroxyl groups excluding tert-OH is 1. The molecule has 0 aliphatic heterocycles. The van der Waals surface area contributed by atoms with Gasteiger partial charge >= 0.3 is 0 Å². The molecule has 16 heavy (non-hydrogen) atoms. The highest BCUT2D eigenvalue weighted by Gasteiger charge is 2.05. The van der Waals surface area contributed by atoms with Gasteiger partial charge in [-0.05, 0) is 35.5 Å². The van der Waals surface area contributed by atoms with Gasteiger partial charge in [-0.3, -0.25) is 0 Å². The smallest absolute Gasteiger partial charge is 0.192 e. The molecule has 0 saturated heterocycles. The number of aliphatic hydroxyl groups is 1. The Morgan fingerprint density at radius 3 is 2.62 bits per heavy atom. The largest absolute Gasteiger partial charge is 0.392 e. The van der Waals surface area contributed by atoms with Crippen LogP contribution < -0.4 is 0 Å². The maximum absolute atomic E-state index is 8.95. The Bertz CT molecular complexity index is 479. The Balaban J connectivity index is 2.22. The van der Waals surface area contributed by atoms with Crippen LogP contribution in [-0.2, 0) is 6.61 Å². The van der Waals surface area contributed by atoms with Crippen molar-refractivity contribution in [3.63, 3.8) is 0 Å². The molecule has 0 aliphatic carbocycles. The fourth-order valence-electron chi connectivity index (χ4n) is 1.16. The summed E-state index contributed by atoms with van der Waals surface area (Å²) in [6, 6.07) is 7.19. The minimum Gasteiger partial charge on any atom is -0.392 e. The molecule has 1 aromatic heterocycles. The molecule has 1 heterocycles. The Morgan fingerprint density at radius 1 is 1.25 bits per heavy atom. The number of aromatic nitrogens is 2. The average molecular weight is 253 g/mol. The van der Waals surface area contributed by atoms with Crippen LogP contribution in [0.4, 0.5) is 0 Å². The van der Waals surface area contributed by atoms with Gasteiger partial charge in [-0.1, -0.05) is 17.7 Å². The standard InChI is InChI=1S/C11H9ClN2OS/c12-9-6-8(7-15)2-3-10(9)16-11-13-4-1-5-14-11/h1-6,15H,7H2. The first-order valence-electron chi connectivity index (χ1n) is 4.64. The Labute approximate surface area is 103 Å². The van der Waals surface area contributed by atoms with Crippen LogP contribution in [0.25, 0.3) is 0 Å². The van der Waals surface area contributed by atoms with Crippen molar-refractivity contribution in [2.45, 2.75) is 16.7 Å². The molecule has 0 radical (unpaired) electrons. The topological polar surface area (TPSA) is 46.0 Å². The van der Waals surface area contributed by atoms with Crippen LogP contribution >= 0.6 is 23.4 Å². The molecule has 0 bridgehead atoms. The summed E-state index contributed by atoms with van der Waals surface area (Å²) < 4.78 is 0. The van der Waals surface area contributed by atoms with E-state index in [0.29, 0.717) is 10.2 Å². The van der Waals surface area contributed by atoms with E-state index in [2.05, 4.69) is 9.97 Å². The summed E-state index contributed by atoms with van der Waals surface area (Å²) in [5.41, 5.74) is 0.795. The van der Waals surface area contributed by atoms with Crippen molar-refractivity contribution in [2.24, 2.45) is 0 Å². The molecule has 5 heteroatoms. The molecule has 0 saturated carbocycles. The van der Waals surface area contributed by atoms with Crippen molar-refractivity contribution in [1.82, 2.24) is 9.97 Å². The summed E-state index contributed by atoms with van der Waals surface area (Å²) in [5, 5.41) is 10.2. The second-order valence-corrected chi connectivity index (χ2v) is 4.47. The summed E-state index contributed by atoms with van der Waals surface area (Å²) >= 11 is 7.47. The molecule has 2 rings (SSSR count). The number of nitrogens with zero attached hydrogens (tertiary/aromatic N) is 2. The normalized spacial score (nSPS) is 10.4. The van der Waals surface area contributed by atoms with E-state index in [0.717, 1.165) is 10.5 Å². The number of hydrogen-bond acceptors (Lipinski definition) is 4. The van der Waals surface area contributed by atoms with Crippen LogP contribution in [0.5, 0.6) is 0 Å². The predicted molar refractivity (Wildman–Crippen MR) is 63.5 cm³/mol. The lowest BCUT2D eigenvalue weighted by molar-refractivity contribution is 0.282. The number of hydrogen-bond donors (Lipinski definition) is 1. The molecular weight excluding hydrogens is 244 g/mol. The van der Waals surface area contributed by atoms with Gasteiger partial charge in [0.1, 0.15) is 0 Å². The summed E-state index contributed by atoms with van der Waals surface area (Å²) in [5.74, 6) is 0. The van der Waals surface area contributed by atoms with Crippen molar-refractivity contribution in [1.29, 1.82) is 0 Å². The SMILES string of the molecule is OCc1ccc(Sc2ncccn2)c(Cl)c1. The van der Waals surface area contributed by atoms with Gasteiger partial charge < -0.3 is 5.11 Å². The van der Waals surface area contributed by atoms with Gasteiger partial charge in [-0.25, -0.2) is 9.97 Å². The van der Waals surface area contributed by atoms with E-state index >= 15 is 0 Å². The van der Waals surface area contributed by atoms with Crippen LogP contribution in [0.15, 0.2) is 46.7 Å². The Morgan fingerprint density at radius 2 is 2.00 bits per heavy atom. The van der Waals surface area contributed by atoms with Crippen molar-refractivity contribution < 1.29 is 5.11 Å². The van der Waals surface area contributed by atoms with E-state index < -0.39 is 0 Å². The zero-order valence-corrected chi connectivity index (χ0v) is 9.87. The lowest BCUT2D eigenvalue weighted by atomic mass is 10.2. The van der Waals surface area contributed by atoms with E-state index in [-0.39, 0.29) is 6.61 Å². The molecule has 1 N–H and O–H groups in total. The fraction of sp³-hybridized carbons (Fsp3) is 0.0909. The van der Waals surface area contributed by atoms with Gasteiger partial charge in [0.15, 0.2) is 5.16 Å². The third-order valence-corrected chi connectivity index (χ3v) is 3.32. The Hall–Kier alpha value is -1.10. The molecule has 3 nitrogen and oxygen atoms in total. The monoisotopic (exact) mass is 252 g/mol. The van der Waals surface area contributed by atoms with Crippen LogP contribution in [0, 0.1) is 0 Å². The lowest BCUT2D eigenvalue weighted by Gasteiger charge is -2.04.